The van der Waals surface area contributed by atoms with Gasteiger partial charge in [0.25, 0.3) is 5.91 Å². The van der Waals surface area contributed by atoms with Gasteiger partial charge in [-0.05, 0) is 44.9 Å². The van der Waals surface area contributed by atoms with E-state index in [-0.39, 0.29) is 16.8 Å². The Morgan fingerprint density at radius 3 is 2.60 bits per heavy atom. The maximum Gasteiger partial charge on any atom is 0.256 e. The average molecular weight is 362 g/mol. The minimum atomic E-state index is -3.54. The van der Waals surface area contributed by atoms with E-state index < -0.39 is 10.0 Å². The summed E-state index contributed by atoms with van der Waals surface area (Å²) >= 11 is 0. The molecule has 0 saturated carbocycles. The van der Waals surface area contributed by atoms with Crippen molar-refractivity contribution in [2.75, 3.05) is 18.4 Å². The van der Waals surface area contributed by atoms with Gasteiger partial charge >= 0.3 is 0 Å². The van der Waals surface area contributed by atoms with Gasteiger partial charge in [-0.3, -0.25) is 4.79 Å². The van der Waals surface area contributed by atoms with Crippen LogP contribution in [-0.4, -0.2) is 41.5 Å². The molecule has 0 atom stereocenters. The molecule has 1 fully saturated rings. The van der Waals surface area contributed by atoms with Gasteiger partial charge < -0.3 is 5.32 Å². The van der Waals surface area contributed by atoms with E-state index in [9.17, 15) is 13.2 Å². The fourth-order valence-corrected chi connectivity index (χ4v) is 4.45. The molecule has 0 radical (unpaired) electrons. The smallest absolute Gasteiger partial charge is 0.256 e. The van der Waals surface area contributed by atoms with Crippen molar-refractivity contribution in [1.82, 2.24) is 14.1 Å². The molecule has 1 aliphatic heterocycles. The number of aromatic nitrogens is 2. The molecule has 0 unspecified atom stereocenters. The van der Waals surface area contributed by atoms with Crippen LogP contribution in [0.2, 0.25) is 0 Å². The lowest BCUT2D eigenvalue weighted by molar-refractivity contribution is 0.102. The standard InChI is InChI=1S/C17H22N4O3S/c1-13(2)21-16(8-9-18-21)19-17(22)14-6-5-7-15(12-14)25(23,24)20-10-3-4-11-20/h5-9,12-13H,3-4,10-11H2,1-2H3,(H,19,22). The van der Waals surface area contributed by atoms with Gasteiger partial charge in [0.05, 0.1) is 11.1 Å². The van der Waals surface area contributed by atoms with E-state index in [2.05, 4.69) is 10.4 Å². The first-order chi connectivity index (χ1) is 11.9. The van der Waals surface area contributed by atoms with Crippen LogP contribution in [0.5, 0.6) is 0 Å². The molecule has 8 heteroatoms. The van der Waals surface area contributed by atoms with E-state index in [4.69, 9.17) is 0 Å². The lowest BCUT2D eigenvalue weighted by Gasteiger charge is -2.16. The third kappa shape index (κ3) is 3.59. The predicted molar refractivity (Wildman–Crippen MR) is 95.0 cm³/mol. The van der Waals surface area contributed by atoms with Crippen LogP contribution in [-0.2, 0) is 10.0 Å². The monoisotopic (exact) mass is 362 g/mol. The zero-order chi connectivity index (χ0) is 18.0. The van der Waals surface area contributed by atoms with Crippen LogP contribution in [0.15, 0.2) is 41.4 Å². The molecule has 134 valence electrons. The number of nitrogens with zero attached hydrogens (tertiary/aromatic N) is 3. The summed E-state index contributed by atoms with van der Waals surface area (Å²) in [7, 11) is -3.54. The molecule has 1 aromatic carbocycles. The van der Waals surface area contributed by atoms with Gasteiger partial charge in [0.15, 0.2) is 0 Å². The summed E-state index contributed by atoms with van der Waals surface area (Å²) < 4.78 is 28.5. The number of sulfonamides is 1. The Morgan fingerprint density at radius 1 is 1.20 bits per heavy atom. The van der Waals surface area contributed by atoms with Gasteiger partial charge in [-0.1, -0.05) is 6.07 Å². The third-order valence-corrected chi connectivity index (χ3v) is 6.09. The Kier molecular flexibility index (Phi) is 4.91. The molecule has 2 heterocycles. The highest BCUT2D eigenvalue weighted by atomic mass is 32.2. The van der Waals surface area contributed by atoms with Crippen LogP contribution in [0.25, 0.3) is 0 Å². The van der Waals surface area contributed by atoms with Gasteiger partial charge in [0.2, 0.25) is 10.0 Å². The molecule has 1 aromatic heterocycles. The SMILES string of the molecule is CC(C)n1nccc1NC(=O)c1cccc(S(=O)(=O)N2CCCC2)c1. The van der Waals surface area contributed by atoms with Crippen molar-refractivity contribution in [2.24, 2.45) is 0 Å². The van der Waals surface area contributed by atoms with Crippen LogP contribution in [0.1, 0.15) is 43.1 Å². The predicted octanol–water partition coefficient (Wildman–Crippen LogP) is 2.50. The largest absolute Gasteiger partial charge is 0.307 e. The Morgan fingerprint density at radius 2 is 1.92 bits per heavy atom. The molecule has 0 aliphatic carbocycles. The van der Waals surface area contributed by atoms with Crippen LogP contribution in [0, 0.1) is 0 Å². The fraction of sp³-hybridized carbons (Fsp3) is 0.412. The highest BCUT2D eigenvalue weighted by Crippen LogP contribution is 2.22. The van der Waals surface area contributed by atoms with E-state index in [1.807, 2.05) is 13.8 Å². The molecule has 0 bridgehead atoms. The van der Waals surface area contributed by atoms with E-state index in [1.165, 1.54) is 16.4 Å². The molecular weight excluding hydrogens is 340 g/mol. The van der Waals surface area contributed by atoms with Gasteiger partial charge in [-0.15, -0.1) is 0 Å². The minimum Gasteiger partial charge on any atom is -0.307 e. The zero-order valence-electron chi connectivity index (χ0n) is 14.3. The molecule has 1 aliphatic rings. The maximum atomic E-state index is 12.6. The van der Waals surface area contributed by atoms with Gasteiger partial charge in [0, 0.05) is 30.8 Å². The molecule has 2 aromatic rings. The number of hydrogen-bond donors (Lipinski definition) is 1. The summed E-state index contributed by atoms with van der Waals surface area (Å²) in [6.45, 7) is 5.00. The Bertz CT molecular complexity index is 868. The van der Waals surface area contributed by atoms with Crippen LogP contribution in [0.4, 0.5) is 5.82 Å². The van der Waals surface area contributed by atoms with Crippen molar-refractivity contribution in [3.05, 3.63) is 42.1 Å². The number of amides is 1. The normalized spacial score (nSPS) is 15.6. The first kappa shape index (κ1) is 17.6. The topological polar surface area (TPSA) is 84.3 Å². The maximum absolute atomic E-state index is 12.6. The number of rotatable bonds is 5. The Hall–Kier alpha value is -2.19. The number of nitrogens with one attached hydrogen (secondary N) is 1. The quantitative estimate of drug-likeness (QED) is 0.886. The van der Waals surface area contributed by atoms with Gasteiger partial charge in [0.1, 0.15) is 5.82 Å². The Labute approximate surface area is 147 Å². The number of carbonyl (C=O) groups is 1. The fourth-order valence-electron chi connectivity index (χ4n) is 2.89. The third-order valence-electron chi connectivity index (χ3n) is 4.20. The zero-order valence-corrected chi connectivity index (χ0v) is 15.2. The van der Waals surface area contributed by atoms with Crippen LogP contribution >= 0.6 is 0 Å². The van der Waals surface area contributed by atoms with Crippen molar-refractivity contribution >= 4 is 21.7 Å². The number of benzene rings is 1. The number of carbonyl (C=O) groups excluding carboxylic acids is 1. The summed E-state index contributed by atoms with van der Waals surface area (Å²) in [6, 6.07) is 7.98. The van der Waals surface area contributed by atoms with E-state index in [0.29, 0.717) is 24.5 Å². The van der Waals surface area contributed by atoms with Crippen molar-refractivity contribution in [2.45, 2.75) is 37.6 Å². The van der Waals surface area contributed by atoms with Crippen LogP contribution < -0.4 is 5.32 Å². The molecule has 0 spiro atoms. The van der Waals surface area contributed by atoms with Crippen molar-refractivity contribution in [3.8, 4) is 0 Å². The van der Waals surface area contributed by atoms with Gasteiger partial charge in [-0.25, -0.2) is 13.1 Å². The van der Waals surface area contributed by atoms with E-state index in [0.717, 1.165) is 12.8 Å². The van der Waals surface area contributed by atoms with E-state index in [1.54, 1.807) is 29.1 Å². The first-order valence-corrected chi connectivity index (χ1v) is 9.78. The summed E-state index contributed by atoms with van der Waals surface area (Å²) in [5.74, 6) is 0.216. The van der Waals surface area contributed by atoms with Crippen molar-refractivity contribution < 1.29 is 13.2 Å². The molecule has 1 saturated heterocycles. The van der Waals surface area contributed by atoms with E-state index >= 15 is 0 Å². The van der Waals surface area contributed by atoms with Crippen molar-refractivity contribution in [1.29, 1.82) is 0 Å². The summed E-state index contributed by atoms with van der Waals surface area (Å²) in [4.78, 5) is 12.7. The molecule has 7 nitrogen and oxygen atoms in total. The van der Waals surface area contributed by atoms with Gasteiger partial charge in [-0.2, -0.15) is 9.40 Å². The van der Waals surface area contributed by atoms with Crippen LogP contribution in [0.3, 0.4) is 0 Å². The minimum absolute atomic E-state index is 0.104. The second-order valence-corrected chi connectivity index (χ2v) is 8.29. The highest BCUT2D eigenvalue weighted by Gasteiger charge is 2.27. The highest BCUT2D eigenvalue weighted by molar-refractivity contribution is 7.89. The second kappa shape index (κ2) is 6.97. The number of anilines is 1. The molecule has 1 N–H and O–H groups in total. The molecule has 3 rings (SSSR count). The molecular formula is C17H22N4O3S. The van der Waals surface area contributed by atoms with Crippen molar-refractivity contribution in [3.63, 3.8) is 0 Å². The lowest BCUT2D eigenvalue weighted by atomic mass is 10.2. The average Bonchev–Trinajstić information content (AvgIpc) is 3.26. The summed E-state index contributed by atoms with van der Waals surface area (Å²) in [5.41, 5.74) is 0.303. The summed E-state index contributed by atoms with van der Waals surface area (Å²) in [5, 5.41) is 6.96. The summed E-state index contributed by atoms with van der Waals surface area (Å²) in [6.07, 6.45) is 3.36. The first-order valence-electron chi connectivity index (χ1n) is 8.34. The lowest BCUT2D eigenvalue weighted by Crippen LogP contribution is -2.28. The number of hydrogen-bond acceptors (Lipinski definition) is 4. The second-order valence-electron chi connectivity index (χ2n) is 6.35. The molecule has 25 heavy (non-hydrogen) atoms. The Balaban J connectivity index is 1.83. The molecule has 1 amide bonds.